The molecule has 1 amide bonds. The normalized spacial score (nSPS) is 14.6. The number of carboxylic acids is 2. The zero-order valence-corrected chi connectivity index (χ0v) is 19.2. The van der Waals surface area contributed by atoms with Gasteiger partial charge in [-0.3, -0.25) is 9.69 Å². The van der Waals surface area contributed by atoms with Crippen LogP contribution in [-0.2, 0) is 31.0 Å². The minimum atomic E-state index is -3.52. The fourth-order valence-electron chi connectivity index (χ4n) is 3.14. The van der Waals surface area contributed by atoms with Gasteiger partial charge < -0.3 is 15.5 Å². The summed E-state index contributed by atoms with van der Waals surface area (Å²) >= 11 is 0. The maximum atomic E-state index is 12.8. The number of benzene rings is 2. The highest BCUT2D eigenvalue weighted by Crippen LogP contribution is 2.20. The number of aliphatic carboxylic acids is 2. The molecule has 10 nitrogen and oxygen atoms in total. The molecular formula is C22H27N3O7S. The molecule has 0 spiro atoms. The van der Waals surface area contributed by atoms with E-state index in [1.54, 1.807) is 24.3 Å². The molecule has 0 radical (unpaired) electrons. The monoisotopic (exact) mass is 477 g/mol. The molecule has 3 rings (SSSR count). The molecule has 1 aliphatic heterocycles. The Balaban J connectivity index is 0.000000569. The van der Waals surface area contributed by atoms with E-state index in [-0.39, 0.29) is 10.8 Å². The minimum Gasteiger partial charge on any atom is -0.473 e. The number of nitrogens with one attached hydrogen (secondary N) is 1. The van der Waals surface area contributed by atoms with Gasteiger partial charge in [-0.1, -0.05) is 29.8 Å². The summed E-state index contributed by atoms with van der Waals surface area (Å²) in [6, 6.07) is 14.7. The second kappa shape index (κ2) is 11.5. The van der Waals surface area contributed by atoms with Crippen molar-refractivity contribution in [2.45, 2.75) is 25.3 Å². The van der Waals surface area contributed by atoms with Crippen molar-refractivity contribution in [3.05, 3.63) is 59.7 Å². The van der Waals surface area contributed by atoms with Gasteiger partial charge in [0.05, 0.1) is 4.90 Å². The van der Waals surface area contributed by atoms with Crippen molar-refractivity contribution < 1.29 is 33.0 Å². The van der Waals surface area contributed by atoms with Gasteiger partial charge in [0.2, 0.25) is 15.9 Å². The third-order valence-electron chi connectivity index (χ3n) is 4.85. The number of nitrogens with zero attached hydrogens (tertiary/aromatic N) is 2. The first-order valence-electron chi connectivity index (χ1n) is 10.1. The molecule has 0 aliphatic carbocycles. The molecule has 3 N–H and O–H groups in total. The SMILES string of the molecule is CC(=O)Nc1ccc(S(=O)(=O)N2CCN(Cc3ccc(C)cc3)CC2)cc1.O=C(O)C(=O)O. The fourth-order valence-corrected chi connectivity index (χ4v) is 4.56. The molecule has 2 aromatic rings. The largest absolute Gasteiger partial charge is 0.473 e. The number of amides is 1. The van der Waals surface area contributed by atoms with E-state index in [2.05, 4.69) is 41.4 Å². The summed E-state index contributed by atoms with van der Waals surface area (Å²) in [6.45, 7) is 6.67. The lowest BCUT2D eigenvalue weighted by atomic mass is 10.1. The van der Waals surface area contributed by atoms with E-state index in [9.17, 15) is 13.2 Å². The van der Waals surface area contributed by atoms with E-state index in [0.717, 1.165) is 6.54 Å². The smallest absolute Gasteiger partial charge is 0.414 e. The van der Waals surface area contributed by atoms with Gasteiger partial charge in [0.15, 0.2) is 0 Å². The summed E-state index contributed by atoms with van der Waals surface area (Å²) in [5.41, 5.74) is 3.06. The van der Waals surface area contributed by atoms with Gasteiger partial charge in [-0.05, 0) is 36.8 Å². The average molecular weight is 478 g/mol. The van der Waals surface area contributed by atoms with Crippen molar-refractivity contribution in [1.82, 2.24) is 9.21 Å². The number of piperazine rings is 1. The summed E-state index contributed by atoms with van der Waals surface area (Å²) in [5.74, 6) is -3.83. The third kappa shape index (κ3) is 7.97. The Morgan fingerprint density at radius 3 is 1.85 bits per heavy atom. The van der Waals surface area contributed by atoms with Crippen molar-refractivity contribution in [1.29, 1.82) is 0 Å². The molecular weight excluding hydrogens is 450 g/mol. The number of rotatable bonds is 5. The van der Waals surface area contributed by atoms with Gasteiger partial charge in [-0.2, -0.15) is 4.31 Å². The lowest BCUT2D eigenvalue weighted by Gasteiger charge is -2.34. The van der Waals surface area contributed by atoms with Gasteiger partial charge in [0, 0.05) is 45.3 Å². The quantitative estimate of drug-likeness (QED) is 0.551. The molecule has 1 fully saturated rings. The second-order valence-corrected chi connectivity index (χ2v) is 9.42. The number of aryl methyl sites for hydroxylation is 1. The molecule has 0 bridgehead atoms. The second-order valence-electron chi connectivity index (χ2n) is 7.48. The molecule has 0 saturated carbocycles. The van der Waals surface area contributed by atoms with E-state index in [4.69, 9.17) is 19.8 Å². The number of anilines is 1. The average Bonchev–Trinajstić information content (AvgIpc) is 2.76. The van der Waals surface area contributed by atoms with Gasteiger partial charge in [-0.25, -0.2) is 18.0 Å². The van der Waals surface area contributed by atoms with Crippen molar-refractivity contribution >= 4 is 33.6 Å². The van der Waals surface area contributed by atoms with E-state index < -0.39 is 22.0 Å². The zero-order valence-electron chi connectivity index (χ0n) is 18.4. The van der Waals surface area contributed by atoms with Crippen LogP contribution >= 0.6 is 0 Å². The van der Waals surface area contributed by atoms with E-state index >= 15 is 0 Å². The molecule has 178 valence electrons. The van der Waals surface area contributed by atoms with Crippen molar-refractivity contribution in [3.8, 4) is 0 Å². The Morgan fingerprint density at radius 2 is 1.39 bits per heavy atom. The van der Waals surface area contributed by atoms with Crippen LogP contribution in [0.3, 0.4) is 0 Å². The summed E-state index contributed by atoms with van der Waals surface area (Å²) in [5, 5.41) is 17.4. The van der Waals surface area contributed by atoms with Gasteiger partial charge in [-0.15, -0.1) is 0 Å². The third-order valence-corrected chi connectivity index (χ3v) is 6.77. The molecule has 33 heavy (non-hydrogen) atoms. The lowest BCUT2D eigenvalue weighted by molar-refractivity contribution is -0.159. The first kappa shape index (κ1) is 26.0. The summed E-state index contributed by atoms with van der Waals surface area (Å²) in [4.78, 5) is 31.8. The number of hydrogen-bond acceptors (Lipinski definition) is 6. The van der Waals surface area contributed by atoms with Crippen LogP contribution in [0.4, 0.5) is 5.69 Å². The molecule has 1 heterocycles. The first-order valence-corrected chi connectivity index (χ1v) is 11.5. The standard InChI is InChI=1S/C20H25N3O3S.C2H2O4/c1-16-3-5-18(6-4-16)15-22-11-13-23(14-12-22)27(25,26)20-9-7-19(8-10-20)21-17(2)24;3-1(4)2(5)6/h3-10H,11-15H2,1-2H3,(H,21,24);(H,3,4)(H,5,6). The number of carboxylic acid groups (broad SMARTS) is 2. The molecule has 0 unspecified atom stereocenters. The molecule has 11 heteroatoms. The summed E-state index contributed by atoms with van der Waals surface area (Å²) in [7, 11) is -3.52. The predicted octanol–water partition coefficient (Wildman–Crippen LogP) is 1.62. The van der Waals surface area contributed by atoms with Crippen LogP contribution < -0.4 is 5.32 Å². The first-order chi connectivity index (χ1) is 15.5. The van der Waals surface area contributed by atoms with Crippen molar-refractivity contribution in [2.24, 2.45) is 0 Å². The highest BCUT2D eigenvalue weighted by atomic mass is 32.2. The van der Waals surface area contributed by atoms with Crippen LogP contribution in [0.15, 0.2) is 53.4 Å². The Kier molecular flexibility index (Phi) is 9.09. The Bertz CT molecular complexity index is 1060. The maximum Gasteiger partial charge on any atom is 0.414 e. The summed E-state index contributed by atoms with van der Waals surface area (Å²) in [6.07, 6.45) is 0. The van der Waals surface area contributed by atoms with Gasteiger partial charge in [0.25, 0.3) is 0 Å². The van der Waals surface area contributed by atoms with Crippen molar-refractivity contribution in [2.75, 3.05) is 31.5 Å². The molecule has 0 atom stereocenters. The van der Waals surface area contributed by atoms with E-state index in [0.29, 0.717) is 31.9 Å². The number of carbonyl (C=O) groups excluding carboxylic acids is 1. The van der Waals surface area contributed by atoms with Crippen LogP contribution in [0, 0.1) is 6.92 Å². The van der Waals surface area contributed by atoms with E-state index in [1.165, 1.54) is 22.4 Å². The molecule has 1 saturated heterocycles. The minimum absolute atomic E-state index is 0.185. The maximum absolute atomic E-state index is 12.8. The Labute approximate surface area is 192 Å². The van der Waals surface area contributed by atoms with Crippen LogP contribution in [-0.4, -0.2) is 71.9 Å². The predicted molar refractivity (Wildman–Crippen MR) is 121 cm³/mol. The zero-order chi connectivity index (χ0) is 24.6. The lowest BCUT2D eigenvalue weighted by Crippen LogP contribution is -2.48. The highest BCUT2D eigenvalue weighted by molar-refractivity contribution is 7.89. The van der Waals surface area contributed by atoms with Crippen LogP contribution in [0.2, 0.25) is 0 Å². The van der Waals surface area contributed by atoms with E-state index in [1.807, 2.05) is 0 Å². The van der Waals surface area contributed by atoms with Gasteiger partial charge in [0.1, 0.15) is 0 Å². The number of sulfonamides is 1. The molecule has 1 aliphatic rings. The molecule has 0 aromatic heterocycles. The molecule has 2 aromatic carbocycles. The Hall–Kier alpha value is -3.28. The summed E-state index contributed by atoms with van der Waals surface area (Å²) < 4.78 is 27.2. The topological polar surface area (TPSA) is 144 Å². The van der Waals surface area contributed by atoms with Crippen LogP contribution in [0.25, 0.3) is 0 Å². The van der Waals surface area contributed by atoms with Crippen LogP contribution in [0.1, 0.15) is 18.1 Å². The number of hydrogen-bond donors (Lipinski definition) is 3. The van der Waals surface area contributed by atoms with Gasteiger partial charge >= 0.3 is 11.9 Å². The highest BCUT2D eigenvalue weighted by Gasteiger charge is 2.28. The van der Waals surface area contributed by atoms with Crippen molar-refractivity contribution in [3.63, 3.8) is 0 Å². The van der Waals surface area contributed by atoms with Crippen LogP contribution in [0.5, 0.6) is 0 Å². The number of carbonyl (C=O) groups is 3. The Morgan fingerprint density at radius 1 is 0.879 bits per heavy atom. The fraction of sp³-hybridized carbons (Fsp3) is 0.318.